The number of pyridine rings is 1. The first-order chi connectivity index (χ1) is 11.1. The highest BCUT2D eigenvalue weighted by Crippen LogP contribution is 2.22. The van der Waals surface area contributed by atoms with Crippen LogP contribution in [0.25, 0.3) is 0 Å². The molecule has 3 heterocycles. The van der Waals surface area contributed by atoms with Gasteiger partial charge in [-0.25, -0.2) is 0 Å². The zero-order valence-electron chi connectivity index (χ0n) is 14.0. The van der Waals surface area contributed by atoms with Gasteiger partial charge < -0.3 is 14.4 Å². The molecule has 6 heteroatoms. The molecule has 0 aliphatic carbocycles. The van der Waals surface area contributed by atoms with Gasteiger partial charge in [0.25, 0.3) is 5.91 Å². The molecule has 1 aromatic rings. The predicted molar refractivity (Wildman–Crippen MR) is 86.0 cm³/mol. The molecule has 2 aliphatic heterocycles. The Morgan fingerprint density at radius 1 is 1.26 bits per heavy atom. The number of nitrogens with zero attached hydrogens (tertiary/aromatic N) is 3. The first-order valence-electron chi connectivity index (χ1n) is 8.22. The summed E-state index contributed by atoms with van der Waals surface area (Å²) in [6.45, 7) is 9.23. The third-order valence-corrected chi connectivity index (χ3v) is 4.48. The molecule has 6 nitrogen and oxygen atoms in total. The van der Waals surface area contributed by atoms with Crippen molar-refractivity contribution in [3.63, 3.8) is 0 Å². The summed E-state index contributed by atoms with van der Waals surface area (Å²) < 4.78 is 11.2. The van der Waals surface area contributed by atoms with Crippen molar-refractivity contribution in [3.05, 3.63) is 29.6 Å². The minimum Gasteiger partial charge on any atom is -0.378 e. The molecule has 0 radical (unpaired) electrons. The number of hydrogen-bond acceptors (Lipinski definition) is 5. The maximum absolute atomic E-state index is 12.8. The number of amides is 1. The summed E-state index contributed by atoms with van der Waals surface area (Å²) in [5.74, 6) is 0.0764. The van der Waals surface area contributed by atoms with Crippen molar-refractivity contribution in [2.24, 2.45) is 0 Å². The van der Waals surface area contributed by atoms with Crippen molar-refractivity contribution in [1.29, 1.82) is 0 Å². The smallest absolute Gasteiger partial charge is 0.256 e. The van der Waals surface area contributed by atoms with E-state index in [1.807, 2.05) is 31.0 Å². The normalized spacial score (nSPS) is 26.3. The summed E-state index contributed by atoms with van der Waals surface area (Å²) in [5.41, 5.74) is 1.41. The van der Waals surface area contributed by atoms with Crippen LogP contribution >= 0.6 is 0 Å². The lowest BCUT2D eigenvalue weighted by Crippen LogP contribution is -2.60. The fourth-order valence-electron chi connectivity index (χ4n) is 3.17. The van der Waals surface area contributed by atoms with Gasteiger partial charge in [0.2, 0.25) is 0 Å². The third-order valence-electron chi connectivity index (χ3n) is 4.48. The zero-order valence-corrected chi connectivity index (χ0v) is 14.0. The fraction of sp³-hybridized carbons (Fsp3) is 0.647. The van der Waals surface area contributed by atoms with Crippen molar-refractivity contribution >= 4 is 5.91 Å². The number of morpholine rings is 2. The molecule has 1 atom stereocenters. The van der Waals surface area contributed by atoms with Gasteiger partial charge in [-0.2, -0.15) is 0 Å². The molecule has 0 saturated carbocycles. The average Bonchev–Trinajstić information content (AvgIpc) is 2.57. The molecular formula is C17H25N3O3. The molecule has 23 heavy (non-hydrogen) atoms. The number of aryl methyl sites for hydroxylation is 1. The van der Waals surface area contributed by atoms with Crippen LogP contribution in [0.3, 0.4) is 0 Å². The Morgan fingerprint density at radius 3 is 2.74 bits per heavy atom. The summed E-state index contributed by atoms with van der Waals surface area (Å²) in [5, 5.41) is 0. The maximum atomic E-state index is 12.8. The number of aromatic nitrogens is 1. The molecule has 0 unspecified atom stereocenters. The molecule has 1 amide bonds. The lowest BCUT2D eigenvalue weighted by Gasteiger charge is -2.42. The van der Waals surface area contributed by atoms with Gasteiger partial charge in [0.05, 0.1) is 19.8 Å². The monoisotopic (exact) mass is 319 g/mol. The van der Waals surface area contributed by atoms with Crippen LogP contribution < -0.4 is 0 Å². The molecule has 0 bridgehead atoms. The molecule has 0 aromatic carbocycles. The second-order valence-electron chi connectivity index (χ2n) is 6.50. The van der Waals surface area contributed by atoms with E-state index in [0.29, 0.717) is 39.5 Å². The van der Waals surface area contributed by atoms with Gasteiger partial charge in [-0.1, -0.05) is 6.07 Å². The molecule has 3 rings (SSSR count). The topological polar surface area (TPSA) is 54.9 Å². The Bertz CT molecular complexity index is 543. The van der Waals surface area contributed by atoms with Crippen molar-refractivity contribution in [2.75, 3.05) is 46.0 Å². The molecular weight excluding hydrogens is 294 g/mol. The van der Waals surface area contributed by atoms with Crippen molar-refractivity contribution in [3.8, 4) is 0 Å². The Hall–Kier alpha value is -1.50. The van der Waals surface area contributed by atoms with Crippen LogP contribution in [0.5, 0.6) is 0 Å². The molecule has 0 N–H and O–H groups in total. The summed E-state index contributed by atoms with van der Waals surface area (Å²) >= 11 is 0. The molecule has 0 spiro atoms. The second-order valence-corrected chi connectivity index (χ2v) is 6.50. The van der Waals surface area contributed by atoms with Crippen LogP contribution in [-0.4, -0.2) is 72.3 Å². The van der Waals surface area contributed by atoms with Gasteiger partial charge in [-0.3, -0.25) is 14.7 Å². The Labute approximate surface area is 137 Å². The maximum Gasteiger partial charge on any atom is 0.256 e. The quantitative estimate of drug-likeness (QED) is 0.826. The van der Waals surface area contributed by atoms with Crippen molar-refractivity contribution < 1.29 is 14.3 Å². The standard InChI is InChI=1S/C17H25N3O3/c1-14-3-4-15(11-18-14)12-19-5-10-23-17(2,13-19)16(21)20-6-8-22-9-7-20/h3-4,11H,5-10,12-13H2,1-2H3/t17-/m1/s1. The SMILES string of the molecule is Cc1ccc(CN2CCO[C@@](C)(C(=O)N3CCOCC3)C2)cn1. The van der Waals surface area contributed by atoms with Crippen molar-refractivity contribution in [1.82, 2.24) is 14.8 Å². The summed E-state index contributed by atoms with van der Waals surface area (Å²) in [7, 11) is 0. The van der Waals surface area contributed by atoms with Gasteiger partial charge in [0.1, 0.15) is 0 Å². The van der Waals surface area contributed by atoms with Gasteiger partial charge in [0, 0.05) is 44.6 Å². The zero-order chi connectivity index (χ0) is 16.3. The van der Waals surface area contributed by atoms with E-state index < -0.39 is 5.60 Å². The lowest BCUT2D eigenvalue weighted by molar-refractivity contribution is -0.171. The molecule has 2 aliphatic rings. The van der Waals surface area contributed by atoms with Crippen LogP contribution in [0.15, 0.2) is 18.3 Å². The number of ether oxygens (including phenoxy) is 2. The Morgan fingerprint density at radius 2 is 2.04 bits per heavy atom. The number of rotatable bonds is 3. The van der Waals surface area contributed by atoms with E-state index >= 15 is 0 Å². The first-order valence-corrected chi connectivity index (χ1v) is 8.22. The van der Waals surface area contributed by atoms with Gasteiger partial charge in [-0.05, 0) is 25.5 Å². The minimum absolute atomic E-state index is 0.0764. The van der Waals surface area contributed by atoms with Crippen LogP contribution in [0, 0.1) is 6.92 Å². The van der Waals surface area contributed by atoms with E-state index in [1.165, 1.54) is 5.56 Å². The van der Waals surface area contributed by atoms with Crippen LogP contribution in [0.1, 0.15) is 18.2 Å². The highest BCUT2D eigenvalue weighted by Gasteiger charge is 2.42. The number of carbonyl (C=O) groups is 1. The molecule has 1 aromatic heterocycles. The number of hydrogen-bond donors (Lipinski definition) is 0. The van der Waals surface area contributed by atoms with E-state index in [4.69, 9.17) is 9.47 Å². The van der Waals surface area contributed by atoms with E-state index in [0.717, 1.165) is 18.8 Å². The largest absolute Gasteiger partial charge is 0.378 e. The van der Waals surface area contributed by atoms with Crippen molar-refractivity contribution in [2.45, 2.75) is 26.0 Å². The first kappa shape index (κ1) is 16.4. The van der Waals surface area contributed by atoms with Gasteiger partial charge in [-0.15, -0.1) is 0 Å². The van der Waals surface area contributed by atoms with E-state index in [1.54, 1.807) is 0 Å². The Balaban J connectivity index is 1.64. The summed E-state index contributed by atoms with van der Waals surface area (Å²) in [4.78, 5) is 21.3. The number of carbonyl (C=O) groups excluding carboxylic acids is 1. The minimum atomic E-state index is -0.770. The molecule has 126 valence electrons. The molecule has 2 saturated heterocycles. The van der Waals surface area contributed by atoms with E-state index in [9.17, 15) is 4.79 Å². The van der Waals surface area contributed by atoms with Gasteiger partial charge >= 0.3 is 0 Å². The predicted octanol–water partition coefficient (Wildman–Crippen LogP) is 0.840. The lowest BCUT2D eigenvalue weighted by atomic mass is 10.0. The van der Waals surface area contributed by atoms with E-state index in [2.05, 4.69) is 16.0 Å². The molecule has 2 fully saturated rings. The fourth-order valence-corrected chi connectivity index (χ4v) is 3.17. The van der Waals surface area contributed by atoms with Gasteiger partial charge in [0.15, 0.2) is 5.60 Å². The summed E-state index contributed by atoms with van der Waals surface area (Å²) in [6, 6.07) is 4.12. The highest BCUT2D eigenvalue weighted by molar-refractivity contribution is 5.85. The van der Waals surface area contributed by atoms with Crippen LogP contribution in [0.4, 0.5) is 0 Å². The second kappa shape index (κ2) is 6.95. The highest BCUT2D eigenvalue weighted by atomic mass is 16.5. The van der Waals surface area contributed by atoms with Crippen LogP contribution in [0.2, 0.25) is 0 Å². The third kappa shape index (κ3) is 3.88. The van der Waals surface area contributed by atoms with E-state index in [-0.39, 0.29) is 5.91 Å². The average molecular weight is 319 g/mol. The van der Waals surface area contributed by atoms with Crippen LogP contribution in [-0.2, 0) is 20.8 Å². The Kier molecular flexibility index (Phi) is 4.94. The summed E-state index contributed by atoms with van der Waals surface area (Å²) in [6.07, 6.45) is 1.91.